The van der Waals surface area contributed by atoms with E-state index >= 15 is 0 Å². The fourth-order valence-electron chi connectivity index (χ4n) is 0.262. The normalized spacial score (nSPS) is 12.0. The van der Waals surface area contributed by atoms with Crippen molar-refractivity contribution in [1.29, 1.82) is 0 Å². The molecule has 9 heavy (non-hydrogen) atoms. The molecule has 0 fully saturated rings. The predicted octanol–water partition coefficient (Wildman–Crippen LogP) is 1.75. The highest BCUT2D eigenvalue weighted by atomic mass is 16.5. The van der Waals surface area contributed by atoms with Crippen LogP contribution in [-0.4, -0.2) is 13.0 Å². The zero-order valence-electron chi connectivity index (χ0n) is 5.79. The van der Waals surface area contributed by atoms with Crippen LogP contribution < -0.4 is 0 Å². The topological polar surface area (TPSA) is 21.6 Å². The molecule has 0 saturated carbocycles. The van der Waals surface area contributed by atoms with E-state index in [-0.39, 0.29) is 0 Å². The third-order valence-corrected chi connectivity index (χ3v) is 0.774. The maximum Gasteiger partial charge on any atom is 0.184 e. The van der Waals surface area contributed by atoms with Crippen LogP contribution >= 0.6 is 0 Å². The number of allylic oxidation sites excluding steroid dienone is 2. The molecule has 0 aliphatic rings. The molecule has 0 aliphatic heterocycles. The average molecular weight is 125 g/mol. The molecule has 0 amide bonds. The van der Waals surface area contributed by atoms with Gasteiger partial charge in [-0.2, -0.15) is 0 Å². The molecule has 0 atom stereocenters. The molecule has 0 aromatic carbocycles. The van der Waals surface area contributed by atoms with Gasteiger partial charge in [-0.1, -0.05) is 12.7 Å². The Kier molecular flexibility index (Phi) is 4.50. The van der Waals surface area contributed by atoms with Gasteiger partial charge in [0.2, 0.25) is 0 Å². The van der Waals surface area contributed by atoms with Gasteiger partial charge in [0.25, 0.3) is 0 Å². The lowest BCUT2D eigenvalue weighted by Gasteiger charge is -1.91. The first kappa shape index (κ1) is 7.95. The molecule has 0 bridgehead atoms. The molecule has 0 saturated heterocycles. The second-order valence-electron chi connectivity index (χ2n) is 1.43. The quantitative estimate of drug-likeness (QED) is 0.313. The zero-order valence-corrected chi connectivity index (χ0v) is 5.79. The Hall–Kier alpha value is -1.05. The Balaban J connectivity index is 3.67. The molecule has 0 spiro atoms. The standard InChI is InChI=1S/C7H11NO/c1-4-5-6-8-7(2)9-3/h4-6H,1H2,2-3H3/b6-5-,8-7+. The van der Waals surface area contributed by atoms with Gasteiger partial charge < -0.3 is 4.74 Å². The van der Waals surface area contributed by atoms with Gasteiger partial charge >= 0.3 is 0 Å². The molecule has 0 aromatic rings. The van der Waals surface area contributed by atoms with Gasteiger partial charge in [-0.25, -0.2) is 4.99 Å². The first-order valence-corrected chi connectivity index (χ1v) is 2.67. The molecule has 0 aromatic heterocycles. The summed E-state index contributed by atoms with van der Waals surface area (Å²) in [5, 5.41) is 0. The highest BCUT2D eigenvalue weighted by Gasteiger charge is 1.77. The lowest BCUT2D eigenvalue weighted by molar-refractivity contribution is 0.400. The Bertz CT molecular complexity index is 136. The van der Waals surface area contributed by atoms with E-state index in [9.17, 15) is 0 Å². The first-order chi connectivity index (χ1) is 4.31. The fraction of sp³-hybridized carbons (Fsp3) is 0.286. The van der Waals surface area contributed by atoms with Crippen LogP contribution in [0.25, 0.3) is 0 Å². The zero-order chi connectivity index (χ0) is 7.11. The first-order valence-electron chi connectivity index (χ1n) is 2.67. The summed E-state index contributed by atoms with van der Waals surface area (Å²) in [6.07, 6.45) is 5.03. The summed E-state index contributed by atoms with van der Waals surface area (Å²) < 4.78 is 4.76. The van der Waals surface area contributed by atoms with E-state index in [4.69, 9.17) is 4.74 Å². The highest BCUT2D eigenvalue weighted by molar-refractivity contribution is 5.73. The molecular weight excluding hydrogens is 114 g/mol. The van der Waals surface area contributed by atoms with Crippen molar-refractivity contribution in [3.63, 3.8) is 0 Å². The van der Waals surface area contributed by atoms with E-state index in [0.717, 1.165) is 0 Å². The maximum atomic E-state index is 4.76. The summed E-state index contributed by atoms with van der Waals surface area (Å²) >= 11 is 0. The lowest BCUT2D eigenvalue weighted by Crippen LogP contribution is -1.90. The van der Waals surface area contributed by atoms with Gasteiger partial charge in [-0.05, 0) is 6.08 Å². The van der Waals surface area contributed by atoms with Crippen LogP contribution in [0.2, 0.25) is 0 Å². The Labute approximate surface area is 55.6 Å². The van der Waals surface area contributed by atoms with Crippen molar-refractivity contribution in [3.05, 3.63) is 24.9 Å². The minimum Gasteiger partial charge on any atom is -0.484 e. The number of ether oxygens (including phenoxy) is 1. The van der Waals surface area contributed by atoms with E-state index in [1.54, 1.807) is 32.4 Å². The summed E-state index contributed by atoms with van der Waals surface area (Å²) in [7, 11) is 1.58. The largest absolute Gasteiger partial charge is 0.484 e. The number of methoxy groups -OCH3 is 1. The van der Waals surface area contributed by atoms with Crippen molar-refractivity contribution in [2.75, 3.05) is 7.11 Å². The summed E-state index contributed by atoms with van der Waals surface area (Å²) in [4.78, 5) is 3.88. The van der Waals surface area contributed by atoms with Crippen LogP contribution in [0.1, 0.15) is 6.92 Å². The Morgan fingerprint density at radius 2 is 2.33 bits per heavy atom. The third-order valence-electron chi connectivity index (χ3n) is 0.774. The van der Waals surface area contributed by atoms with E-state index in [0.29, 0.717) is 5.90 Å². The smallest absolute Gasteiger partial charge is 0.184 e. The molecular formula is C7H11NO. The molecule has 50 valence electrons. The van der Waals surface area contributed by atoms with Gasteiger partial charge in [0, 0.05) is 13.1 Å². The minimum atomic E-state index is 0.646. The molecule has 0 aliphatic carbocycles. The van der Waals surface area contributed by atoms with Crippen LogP contribution in [0.3, 0.4) is 0 Å². The lowest BCUT2D eigenvalue weighted by atomic mass is 10.6. The predicted molar refractivity (Wildman–Crippen MR) is 39.5 cm³/mol. The molecule has 0 radical (unpaired) electrons. The van der Waals surface area contributed by atoms with E-state index in [1.165, 1.54) is 0 Å². The highest BCUT2D eigenvalue weighted by Crippen LogP contribution is 1.80. The van der Waals surface area contributed by atoms with Gasteiger partial charge in [0.05, 0.1) is 7.11 Å². The molecule has 0 rings (SSSR count). The second kappa shape index (κ2) is 5.09. The van der Waals surface area contributed by atoms with Crippen LogP contribution in [0.4, 0.5) is 0 Å². The van der Waals surface area contributed by atoms with E-state index in [1.807, 2.05) is 0 Å². The van der Waals surface area contributed by atoms with Crippen molar-refractivity contribution >= 4 is 5.90 Å². The maximum absolute atomic E-state index is 4.76. The summed E-state index contributed by atoms with van der Waals surface area (Å²) in [5.41, 5.74) is 0. The Morgan fingerprint density at radius 3 is 2.78 bits per heavy atom. The van der Waals surface area contributed by atoms with Crippen LogP contribution in [0.5, 0.6) is 0 Å². The SMILES string of the molecule is C=C/C=C\N=C(/C)OC. The molecule has 2 nitrogen and oxygen atoms in total. The molecule has 0 unspecified atom stereocenters. The van der Waals surface area contributed by atoms with Gasteiger partial charge in [-0.15, -0.1) is 0 Å². The van der Waals surface area contributed by atoms with Crippen molar-refractivity contribution < 1.29 is 4.74 Å². The number of nitrogens with zero attached hydrogens (tertiary/aromatic N) is 1. The monoisotopic (exact) mass is 125 g/mol. The van der Waals surface area contributed by atoms with Crippen LogP contribution in [0.15, 0.2) is 29.9 Å². The average Bonchev–Trinajstić information content (AvgIpc) is 1.89. The number of hydrogen-bond acceptors (Lipinski definition) is 2. The molecule has 2 heteroatoms. The summed E-state index contributed by atoms with van der Waals surface area (Å²) in [5.74, 6) is 0.646. The van der Waals surface area contributed by atoms with Crippen LogP contribution in [-0.2, 0) is 4.74 Å². The number of hydrogen-bond donors (Lipinski definition) is 0. The summed E-state index contributed by atoms with van der Waals surface area (Å²) in [6, 6.07) is 0. The van der Waals surface area contributed by atoms with Crippen molar-refractivity contribution in [3.8, 4) is 0 Å². The summed E-state index contributed by atoms with van der Waals surface area (Å²) in [6.45, 7) is 5.27. The minimum absolute atomic E-state index is 0.646. The van der Waals surface area contributed by atoms with E-state index < -0.39 is 0 Å². The van der Waals surface area contributed by atoms with Gasteiger partial charge in [0.1, 0.15) is 0 Å². The number of aliphatic imine (C=N–C) groups is 1. The molecule has 0 N–H and O–H groups in total. The number of rotatable bonds is 2. The van der Waals surface area contributed by atoms with Crippen molar-refractivity contribution in [2.45, 2.75) is 6.92 Å². The fourth-order valence-corrected chi connectivity index (χ4v) is 0.262. The van der Waals surface area contributed by atoms with Gasteiger partial charge in [-0.3, -0.25) is 0 Å². The van der Waals surface area contributed by atoms with Crippen molar-refractivity contribution in [1.82, 2.24) is 0 Å². The van der Waals surface area contributed by atoms with E-state index in [2.05, 4.69) is 11.6 Å². The molecule has 0 heterocycles. The van der Waals surface area contributed by atoms with Crippen LogP contribution in [0, 0.1) is 0 Å². The van der Waals surface area contributed by atoms with Gasteiger partial charge in [0.15, 0.2) is 5.90 Å². The Morgan fingerprint density at radius 1 is 1.67 bits per heavy atom. The van der Waals surface area contributed by atoms with Crippen molar-refractivity contribution in [2.24, 2.45) is 4.99 Å². The third kappa shape index (κ3) is 4.81. The second-order valence-corrected chi connectivity index (χ2v) is 1.43.